The number of rotatable bonds is 6. The Kier molecular flexibility index (Phi) is 6.16. The van der Waals surface area contributed by atoms with Crippen molar-refractivity contribution in [3.8, 4) is 0 Å². The van der Waals surface area contributed by atoms with Crippen LogP contribution in [0, 0.1) is 0 Å². The van der Waals surface area contributed by atoms with Crippen LogP contribution in [-0.2, 0) is 4.74 Å². The highest BCUT2D eigenvalue weighted by Crippen LogP contribution is 2.26. The average molecular weight is 257 g/mol. The monoisotopic (exact) mass is 257 g/mol. The van der Waals surface area contributed by atoms with E-state index in [2.05, 4.69) is 24.0 Å². The van der Waals surface area contributed by atoms with Crippen LogP contribution in [0.3, 0.4) is 0 Å². The minimum atomic E-state index is 0.478. The molecule has 0 amide bonds. The Bertz CT molecular complexity index is 206. The Labute approximate surface area is 110 Å². The zero-order valence-corrected chi connectivity index (χ0v) is 11.9. The van der Waals surface area contributed by atoms with Gasteiger partial charge in [0.05, 0.1) is 6.10 Å². The first-order valence-electron chi connectivity index (χ1n) is 7.33. The van der Waals surface area contributed by atoms with E-state index >= 15 is 0 Å². The summed E-state index contributed by atoms with van der Waals surface area (Å²) in [4.78, 5) is 0. The number of hydrogen-bond acceptors (Lipinski definition) is 3. The minimum Gasteiger partial charge on any atom is -0.377 e. The zero-order chi connectivity index (χ0) is 11.9. The van der Waals surface area contributed by atoms with Crippen LogP contribution in [0.4, 0.5) is 0 Å². The summed E-state index contributed by atoms with van der Waals surface area (Å²) >= 11 is 2.11. The predicted octanol–water partition coefficient (Wildman–Crippen LogP) is 3.21. The molecule has 0 aromatic heterocycles. The number of hydrogen-bond donors (Lipinski definition) is 1. The predicted molar refractivity (Wildman–Crippen MR) is 75.8 cm³/mol. The normalized spacial score (nSPS) is 30.9. The summed E-state index contributed by atoms with van der Waals surface area (Å²) in [6, 6.07) is 0.822. The van der Waals surface area contributed by atoms with Crippen LogP contribution in [0.2, 0.25) is 0 Å². The van der Waals surface area contributed by atoms with Crippen molar-refractivity contribution in [2.75, 3.05) is 18.9 Å². The Morgan fingerprint density at radius 1 is 1.18 bits per heavy atom. The van der Waals surface area contributed by atoms with Gasteiger partial charge in [-0.3, -0.25) is 0 Å². The molecule has 2 fully saturated rings. The molecule has 1 aliphatic heterocycles. The quantitative estimate of drug-likeness (QED) is 0.738. The van der Waals surface area contributed by atoms with E-state index in [-0.39, 0.29) is 0 Å². The van der Waals surface area contributed by atoms with Gasteiger partial charge in [0, 0.05) is 17.9 Å². The molecular formula is C14H27NOS. The molecule has 1 heterocycles. The first-order valence-corrected chi connectivity index (χ1v) is 8.38. The van der Waals surface area contributed by atoms with Gasteiger partial charge >= 0.3 is 0 Å². The van der Waals surface area contributed by atoms with E-state index in [1.165, 1.54) is 57.2 Å². The molecular weight excluding hydrogens is 230 g/mol. The van der Waals surface area contributed by atoms with Crippen molar-refractivity contribution >= 4 is 11.8 Å². The zero-order valence-electron chi connectivity index (χ0n) is 11.1. The van der Waals surface area contributed by atoms with Gasteiger partial charge in [-0.25, -0.2) is 0 Å². The Morgan fingerprint density at radius 3 is 2.71 bits per heavy atom. The second-order valence-electron chi connectivity index (χ2n) is 5.42. The first kappa shape index (κ1) is 13.7. The first-order chi connectivity index (χ1) is 8.36. The van der Waals surface area contributed by atoms with E-state index in [1.807, 2.05) is 0 Å². The van der Waals surface area contributed by atoms with Gasteiger partial charge in [-0.2, -0.15) is 11.8 Å². The van der Waals surface area contributed by atoms with E-state index < -0.39 is 0 Å². The minimum absolute atomic E-state index is 0.478. The van der Waals surface area contributed by atoms with Crippen molar-refractivity contribution in [2.45, 2.75) is 69.3 Å². The highest BCUT2D eigenvalue weighted by atomic mass is 32.2. The van der Waals surface area contributed by atoms with Crippen LogP contribution in [-0.4, -0.2) is 36.3 Å². The fourth-order valence-corrected chi connectivity index (χ4v) is 4.08. The molecule has 0 aromatic carbocycles. The number of ether oxygens (including phenoxy) is 1. The van der Waals surface area contributed by atoms with Crippen LogP contribution >= 0.6 is 11.8 Å². The second-order valence-corrected chi connectivity index (χ2v) is 6.76. The number of thioether (sulfide) groups is 1. The van der Waals surface area contributed by atoms with Crippen molar-refractivity contribution in [3.05, 3.63) is 0 Å². The summed E-state index contributed by atoms with van der Waals surface area (Å²) < 4.78 is 5.58. The summed E-state index contributed by atoms with van der Waals surface area (Å²) in [5.41, 5.74) is 0. The molecule has 1 aliphatic carbocycles. The SMILES string of the molecule is CC1OCCC1SCCCNC1CCCCC1. The lowest BCUT2D eigenvalue weighted by molar-refractivity contribution is 0.127. The van der Waals surface area contributed by atoms with Gasteiger partial charge in [-0.1, -0.05) is 19.3 Å². The maximum atomic E-state index is 5.58. The molecule has 1 N–H and O–H groups in total. The fraction of sp³-hybridized carbons (Fsp3) is 1.00. The van der Waals surface area contributed by atoms with Gasteiger partial charge in [-0.15, -0.1) is 0 Å². The molecule has 0 spiro atoms. The number of nitrogens with one attached hydrogen (secondary N) is 1. The molecule has 1 saturated carbocycles. The fourth-order valence-electron chi connectivity index (χ4n) is 2.85. The lowest BCUT2D eigenvalue weighted by Crippen LogP contribution is -2.32. The molecule has 100 valence electrons. The van der Waals surface area contributed by atoms with Crippen molar-refractivity contribution < 1.29 is 4.74 Å². The largest absolute Gasteiger partial charge is 0.377 e. The van der Waals surface area contributed by atoms with Crippen molar-refractivity contribution in [1.29, 1.82) is 0 Å². The lowest BCUT2D eigenvalue weighted by Gasteiger charge is -2.23. The van der Waals surface area contributed by atoms with E-state index in [1.54, 1.807) is 0 Å². The molecule has 2 aliphatic rings. The van der Waals surface area contributed by atoms with Gasteiger partial charge in [0.2, 0.25) is 0 Å². The van der Waals surface area contributed by atoms with Crippen LogP contribution in [0.1, 0.15) is 51.9 Å². The molecule has 17 heavy (non-hydrogen) atoms. The molecule has 1 saturated heterocycles. The third-order valence-electron chi connectivity index (χ3n) is 4.00. The third kappa shape index (κ3) is 4.80. The molecule has 0 radical (unpaired) electrons. The molecule has 0 bridgehead atoms. The topological polar surface area (TPSA) is 21.3 Å². The Hall–Kier alpha value is 0.270. The van der Waals surface area contributed by atoms with Gasteiger partial charge in [0.1, 0.15) is 0 Å². The summed E-state index contributed by atoms with van der Waals surface area (Å²) in [6.07, 6.45) is 10.2. The van der Waals surface area contributed by atoms with Crippen LogP contribution < -0.4 is 5.32 Å². The molecule has 2 unspecified atom stereocenters. The van der Waals surface area contributed by atoms with Crippen molar-refractivity contribution in [2.24, 2.45) is 0 Å². The standard InChI is InChI=1S/C14H27NOS/c1-12-14(8-10-16-12)17-11-5-9-15-13-6-3-2-4-7-13/h12-15H,2-11H2,1H3. The van der Waals surface area contributed by atoms with Crippen molar-refractivity contribution in [3.63, 3.8) is 0 Å². The molecule has 0 aromatic rings. The average Bonchev–Trinajstić information content (AvgIpc) is 2.76. The van der Waals surface area contributed by atoms with Crippen LogP contribution in [0.15, 0.2) is 0 Å². The highest BCUT2D eigenvalue weighted by molar-refractivity contribution is 7.99. The van der Waals surface area contributed by atoms with Crippen molar-refractivity contribution in [1.82, 2.24) is 5.32 Å². The van der Waals surface area contributed by atoms with Gasteiger partial charge in [0.15, 0.2) is 0 Å². The summed E-state index contributed by atoms with van der Waals surface area (Å²) in [5.74, 6) is 1.29. The van der Waals surface area contributed by atoms with Crippen LogP contribution in [0.25, 0.3) is 0 Å². The van der Waals surface area contributed by atoms with Crippen LogP contribution in [0.5, 0.6) is 0 Å². The second kappa shape index (κ2) is 7.65. The van der Waals surface area contributed by atoms with Gasteiger partial charge < -0.3 is 10.1 Å². The summed E-state index contributed by atoms with van der Waals surface area (Å²) in [6.45, 7) is 4.39. The van der Waals surface area contributed by atoms with Gasteiger partial charge in [-0.05, 0) is 44.9 Å². The maximum absolute atomic E-state index is 5.58. The molecule has 2 atom stereocenters. The van der Waals surface area contributed by atoms with E-state index in [4.69, 9.17) is 4.74 Å². The lowest BCUT2D eigenvalue weighted by atomic mass is 9.95. The molecule has 2 nitrogen and oxygen atoms in total. The highest BCUT2D eigenvalue weighted by Gasteiger charge is 2.23. The van der Waals surface area contributed by atoms with E-state index in [0.29, 0.717) is 6.10 Å². The molecule has 2 rings (SSSR count). The van der Waals surface area contributed by atoms with E-state index in [0.717, 1.165) is 17.9 Å². The van der Waals surface area contributed by atoms with Gasteiger partial charge in [0.25, 0.3) is 0 Å². The Balaban J connectivity index is 1.45. The van der Waals surface area contributed by atoms with E-state index in [9.17, 15) is 0 Å². The summed E-state index contributed by atoms with van der Waals surface area (Å²) in [7, 11) is 0. The third-order valence-corrected chi connectivity index (χ3v) is 5.57. The maximum Gasteiger partial charge on any atom is 0.0666 e. The Morgan fingerprint density at radius 2 is 2.00 bits per heavy atom. The summed E-state index contributed by atoms with van der Waals surface area (Å²) in [5, 5.41) is 4.47. The smallest absolute Gasteiger partial charge is 0.0666 e. The molecule has 3 heteroatoms.